The van der Waals surface area contributed by atoms with Gasteiger partial charge in [-0.2, -0.15) is 0 Å². The maximum absolute atomic E-state index is 11.8. The molecule has 0 spiro atoms. The fourth-order valence-corrected chi connectivity index (χ4v) is 2.02. The number of hydrogen-bond donors (Lipinski definition) is 2. The van der Waals surface area contributed by atoms with E-state index < -0.39 is 12.2 Å². The Morgan fingerprint density at radius 3 is 2.42 bits per heavy atom. The molecular formula is C14H19NO4. The van der Waals surface area contributed by atoms with E-state index in [0.29, 0.717) is 6.61 Å². The van der Waals surface area contributed by atoms with Crippen LogP contribution in [-0.4, -0.2) is 52.9 Å². The highest BCUT2D eigenvalue weighted by molar-refractivity contribution is 5.76. The van der Waals surface area contributed by atoms with Crippen molar-refractivity contribution in [2.24, 2.45) is 0 Å². The zero-order valence-corrected chi connectivity index (χ0v) is 11.0. The van der Waals surface area contributed by atoms with Crippen molar-refractivity contribution >= 4 is 5.91 Å². The van der Waals surface area contributed by atoms with E-state index in [1.54, 1.807) is 0 Å². The second-order valence-electron chi connectivity index (χ2n) is 4.84. The van der Waals surface area contributed by atoms with Crippen LogP contribution in [0.2, 0.25) is 0 Å². The summed E-state index contributed by atoms with van der Waals surface area (Å²) in [7, 11) is 0. The van der Waals surface area contributed by atoms with Gasteiger partial charge in [-0.1, -0.05) is 17.7 Å². The van der Waals surface area contributed by atoms with Crippen LogP contribution in [0.5, 0.6) is 5.75 Å². The number of carbonyl (C=O) groups is 1. The number of aryl methyl sites for hydroxylation is 1. The van der Waals surface area contributed by atoms with Gasteiger partial charge in [-0.15, -0.1) is 0 Å². The van der Waals surface area contributed by atoms with E-state index in [2.05, 4.69) is 0 Å². The molecule has 0 bridgehead atoms. The highest BCUT2D eigenvalue weighted by atomic mass is 16.5. The van der Waals surface area contributed by atoms with Crippen LogP contribution < -0.4 is 4.74 Å². The topological polar surface area (TPSA) is 70.0 Å². The summed E-state index contributed by atoms with van der Waals surface area (Å²) in [5.74, 6) is 0.627. The fourth-order valence-electron chi connectivity index (χ4n) is 2.02. The maximum atomic E-state index is 11.8. The Morgan fingerprint density at radius 2 is 1.84 bits per heavy atom. The molecule has 1 fully saturated rings. The van der Waals surface area contributed by atoms with Crippen molar-refractivity contribution < 1.29 is 19.7 Å². The highest BCUT2D eigenvalue weighted by Gasteiger charge is 2.32. The molecule has 0 radical (unpaired) electrons. The number of benzene rings is 1. The molecule has 0 aliphatic carbocycles. The summed E-state index contributed by atoms with van der Waals surface area (Å²) in [6.07, 6.45) is -1.42. The van der Waals surface area contributed by atoms with Gasteiger partial charge < -0.3 is 19.8 Å². The van der Waals surface area contributed by atoms with Crippen molar-refractivity contribution in [2.45, 2.75) is 25.6 Å². The number of amides is 1. The van der Waals surface area contributed by atoms with Gasteiger partial charge in [-0.25, -0.2) is 0 Å². The standard InChI is InChI=1S/C14H19NO4/c1-10-2-4-11(5-3-10)19-7-6-14(18)15-8-12(16)13(17)9-15/h2-5,12-13,16-17H,6-9H2,1H3. The van der Waals surface area contributed by atoms with Crippen LogP contribution in [0, 0.1) is 6.92 Å². The molecule has 2 N–H and O–H groups in total. The van der Waals surface area contributed by atoms with Crippen LogP contribution in [0.4, 0.5) is 0 Å². The lowest BCUT2D eigenvalue weighted by Crippen LogP contribution is -2.30. The van der Waals surface area contributed by atoms with E-state index in [-0.39, 0.29) is 25.4 Å². The summed E-state index contributed by atoms with van der Waals surface area (Å²) >= 11 is 0. The third-order valence-corrected chi connectivity index (χ3v) is 3.22. The summed E-state index contributed by atoms with van der Waals surface area (Å²) in [5, 5.41) is 18.7. The molecule has 1 amide bonds. The predicted molar refractivity (Wildman–Crippen MR) is 69.9 cm³/mol. The number of aliphatic hydroxyl groups excluding tert-OH is 2. The van der Waals surface area contributed by atoms with Crippen molar-refractivity contribution in [3.63, 3.8) is 0 Å². The summed E-state index contributed by atoms with van der Waals surface area (Å²) in [5.41, 5.74) is 1.16. The smallest absolute Gasteiger partial charge is 0.226 e. The molecule has 2 rings (SSSR count). The minimum atomic E-state index is -0.832. The molecule has 2 atom stereocenters. The van der Waals surface area contributed by atoms with E-state index in [9.17, 15) is 15.0 Å². The molecule has 1 aliphatic rings. The molecule has 0 saturated carbocycles. The number of ether oxygens (including phenoxy) is 1. The molecule has 19 heavy (non-hydrogen) atoms. The lowest BCUT2D eigenvalue weighted by molar-refractivity contribution is -0.131. The second-order valence-corrected chi connectivity index (χ2v) is 4.84. The number of carbonyl (C=O) groups excluding carboxylic acids is 1. The third kappa shape index (κ3) is 3.68. The molecule has 1 aromatic carbocycles. The van der Waals surface area contributed by atoms with Crippen LogP contribution >= 0.6 is 0 Å². The Morgan fingerprint density at radius 1 is 1.26 bits per heavy atom. The monoisotopic (exact) mass is 265 g/mol. The van der Waals surface area contributed by atoms with Crippen LogP contribution in [0.1, 0.15) is 12.0 Å². The highest BCUT2D eigenvalue weighted by Crippen LogP contribution is 2.13. The minimum absolute atomic E-state index is 0.109. The Kier molecular flexibility index (Phi) is 4.39. The van der Waals surface area contributed by atoms with Crippen molar-refractivity contribution in [1.29, 1.82) is 0 Å². The van der Waals surface area contributed by atoms with Crippen molar-refractivity contribution in [2.75, 3.05) is 19.7 Å². The van der Waals surface area contributed by atoms with Crippen LogP contribution in [0.3, 0.4) is 0 Å². The van der Waals surface area contributed by atoms with Gasteiger partial charge in [0, 0.05) is 13.1 Å². The molecule has 1 aliphatic heterocycles. The quantitative estimate of drug-likeness (QED) is 0.823. The van der Waals surface area contributed by atoms with Crippen molar-refractivity contribution in [3.05, 3.63) is 29.8 Å². The normalized spacial score (nSPS) is 22.6. The molecule has 2 unspecified atom stereocenters. The van der Waals surface area contributed by atoms with Crippen LogP contribution in [0.15, 0.2) is 24.3 Å². The van der Waals surface area contributed by atoms with E-state index >= 15 is 0 Å². The molecule has 0 aromatic heterocycles. The predicted octanol–water partition coefficient (Wildman–Crippen LogP) is 0.328. The first-order valence-corrected chi connectivity index (χ1v) is 6.39. The summed E-state index contributed by atoms with van der Waals surface area (Å²) in [6.45, 7) is 2.69. The number of β-amino-alcohol motifs (C(OH)–C–C–N with tert-alkyl or cyclic N) is 2. The van der Waals surface area contributed by atoms with Gasteiger partial charge in [-0.3, -0.25) is 4.79 Å². The Hall–Kier alpha value is -1.59. The summed E-state index contributed by atoms with van der Waals surface area (Å²) < 4.78 is 5.47. The van der Waals surface area contributed by atoms with Crippen LogP contribution in [0.25, 0.3) is 0 Å². The SMILES string of the molecule is Cc1ccc(OCCC(=O)N2CC(O)C(O)C2)cc1. The second kappa shape index (κ2) is 6.04. The van der Waals surface area contributed by atoms with Crippen LogP contribution in [-0.2, 0) is 4.79 Å². The number of nitrogens with zero attached hydrogens (tertiary/aromatic N) is 1. The van der Waals surface area contributed by atoms with Gasteiger partial charge in [0.05, 0.1) is 25.2 Å². The summed E-state index contributed by atoms with van der Waals surface area (Å²) in [4.78, 5) is 13.3. The minimum Gasteiger partial charge on any atom is -0.493 e. The lowest BCUT2D eigenvalue weighted by atomic mass is 10.2. The Labute approximate surface area is 112 Å². The number of aliphatic hydroxyl groups is 2. The first-order chi connectivity index (χ1) is 9.06. The first kappa shape index (κ1) is 13.8. The van der Waals surface area contributed by atoms with Gasteiger partial charge >= 0.3 is 0 Å². The van der Waals surface area contributed by atoms with Gasteiger partial charge in [0.25, 0.3) is 0 Å². The van der Waals surface area contributed by atoms with E-state index in [1.807, 2.05) is 31.2 Å². The Bertz CT molecular complexity index is 422. The average Bonchev–Trinajstić information content (AvgIpc) is 2.72. The van der Waals surface area contributed by atoms with Gasteiger partial charge in [0.2, 0.25) is 5.91 Å². The Balaban J connectivity index is 1.74. The molecule has 5 heteroatoms. The molecular weight excluding hydrogens is 246 g/mol. The average molecular weight is 265 g/mol. The molecule has 1 aromatic rings. The van der Waals surface area contributed by atoms with Crippen molar-refractivity contribution in [1.82, 2.24) is 4.90 Å². The molecule has 5 nitrogen and oxygen atoms in total. The maximum Gasteiger partial charge on any atom is 0.226 e. The van der Waals surface area contributed by atoms with E-state index in [0.717, 1.165) is 11.3 Å². The largest absolute Gasteiger partial charge is 0.493 e. The molecule has 1 saturated heterocycles. The van der Waals surface area contributed by atoms with E-state index in [4.69, 9.17) is 4.74 Å². The number of hydrogen-bond acceptors (Lipinski definition) is 4. The first-order valence-electron chi connectivity index (χ1n) is 6.39. The summed E-state index contributed by atoms with van der Waals surface area (Å²) in [6, 6.07) is 7.63. The van der Waals surface area contributed by atoms with Gasteiger partial charge in [0.15, 0.2) is 0 Å². The molecule has 104 valence electrons. The number of likely N-dealkylation sites (tertiary alicyclic amines) is 1. The third-order valence-electron chi connectivity index (χ3n) is 3.22. The zero-order chi connectivity index (χ0) is 13.8. The fraction of sp³-hybridized carbons (Fsp3) is 0.500. The molecule has 1 heterocycles. The van der Waals surface area contributed by atoms with E-state index in [1.165, 1.54) is 4.90 Å². The number of rotatable bonds is 4. The van der Waals surface area contributed by atoms with Gasteiger partial charge in [0.1, 0.15) is 5.75 Å². The lowest BCUT2D eigenvalue weighted by Gasteiger charge is -2.15. The van der Waals surface area contributed by atoms with Gasteiger partial charge in [-0.05, 0) is 19.1 Å². The zero-order valence-electron chi connectivity index (χ0n) is 11.0. The van der Waals surface area contributed by atoms with Crippen molar-refractivity contribution in [3.8, 4) is 5.75 Å².